The van der Waals surface area contributed by atoms with E-state index in [4.69, 9.17) is 5.26 Å². The predicted octanol–water partition coefficient (Wildman–Crippen LogP) is -0.203. The highest BCUT2D eigenvalue weighted by molar-refractivity contribution is 7.91. The fourth-order valence-corrected chi connectivity index (χ4v) is 4.85. The topological polar surface area (TPSA) is 65.6 Å². The van der Waals surface area contributed by atoms with Gasteiger partial charge in [0.25, 0.3) is 10.0 Å². The first-order valence-electron chi connectivity index (χ1n) is 6.31. The van der Waals surface area contributed by atoms with Crippen LogP contribution in [0.15, 0.2) is 21.7 Å². The Bertz CT molecular complexity index is 540. The minimum atomic E-state index is -3.30. The van der Waals surface area contributed by atoms with Gasteiger partial charge in [-0.1, -0.05) is 6.07 Å². The van der Waals surface area contributed by atoms with Crippen LogP contribution in [0.4, 0.5) is 0 Å². The van der Waals surface area contributed by atoms with Crippen molar-refractivity contribution in [2.45, 2.75) is 11.1 Å². The molecule has 0 amide bonds. The molecule has 0 unspecified atom stereocenters. The van der Waals surface area contributed by atoms with Crippen molar-refractivity contribution < 1.29 is 13.3 Å². The van der Waals surface area contributed by atoms with Crippen molar-refractivity contribution in [1.82, 2.24) is 4.31 Å². The molecule has 1 N–H and O–H groups in total. The highest BCUT2D eigenvalue weighted by Crippen LogP contribution is 2.20. The molecule has 5 nitrogen and oxygen atoms in total. The van der Waals surface area contributed by atoms with Gasteiger partial charge in [0, 0.05) is 0 Å². The van der Waals surface area contributed by atoms with Gasteiger partial charge < -0.3 is 4.90 Å². The molecule has 19 heavy (non-hydrogen) atoms. The first kappa shape index (κ1) is 14.5. The molecule has 2 rings (SSSR count). The number of nitrogens with zero attached hydrogens (tertiary/aromatic N) is 2. The third-order valence-electron chi connectivity index (χ3n) is 3.33. The first-order chi connectivity index (χ1) is 9.04. The number of piperazine rings is 1. The van der Waals surface area contributed by atoms with Crippen LogP contribution in [0.25, 0.3) is 0 Å². The SMILES string of the molecule is C[C@H](C#N)C[NH+]1CCN(S(=O)(=O)c2cccs2)CC1. The van der Waals surface area contributed by atoms with Gasteiger partial charge in [0.15, 0.2) is 0 Å². The maximum Gasteiger partial charge on any atom is 0.252 e. The summed E-state index contributed by atoms with van der Waals surface area (Å²) in [7, 11) is -3.30. The smallest absolute Gasteiger partial charge is 0.252 e. The summed E-state index contributed by atoms with van der Waals surface area (Å²) < 4.78 is 26.6. The second-order valence-corrected chi connectivity index (χ2v) is 7.93. The molecule has 1 aliphatic rings. The minimum Gasteiger partial charge on any atom is -0.332 e. The van der Waals surface area contributed by atoms with Crippen molar-refractivity contribution in [3.05, 3.63) is 17.5 Å². The van der Waals surface area contributed by atoms with Crippen molar-refractivity contribution >= 4 is 21.4 Å². The number of thiophene rings is 1. The van der Waals surface area contributed by atoms with Crippen molar-refractivity contribution in [3.63, 3.8) is 0 Å². The zero-order valence-corrected chi connectivity index (χ0v) is 12.5. The number of hydrogen-bond donors (Lipinski definition) is 1. The van der Waals surface area contributed by atoms with Crippen molar-refractivity contribution in [2.75, 3.05) is 32.7 Å². The van der Waals surface area contributed by atoms with Crippen LogP contribution in [0.5, 0.6) is 0 Å². The molecule has 0 spiro atoms. The van der Waals surface area contributed by atoms with Crippen molar-refractivity contribution in [2.24, 2.45) is 5.92 Å². The minimum absolute atomic E-state index is 0.0236. The Balaban J connectivity index is 1.96. The quantitative estimate of drug-likeness (QED) is 0.837. The molecule has 2 heterocycles. The zero-order chi connectivity index (χ0) is 13.9. The summed E-state index contributed by atoms with van der Waals surface area (Å²) in [6.07, 6.45) is 0. The number of nitriles is 1. The molecule has 1 aliphatic heterocycles. The molecule has 0 aromatic carbocycles. The van der Waals surface area contributed by atoms with Gasteiger partial charge in [-0.25, -0.2) is 8.42 Å². The molecular weight excluding hydrogens is 282 g/mol. The Labute approximate surface area is 118 Å². The van der Waals surface area contributed by atoms with Gasteiger partial charge in [-0.3, -0.25) is 0 Å². The molecule has 1 aromatic rings. The summed E-state index contributed by atoms with van der Waals surface area (Å²) in [4.78, 5) is 1.31. The summed E-state index contributed by atoms with van der Waals surface area (Å²) in [5.41, 5.74) is 0. The normalized spacial score (nSPS) is 20.0. The maximum absolute atomic E-state index is 12.3. The molecule has 0 bridgehead atoms. The van der Waals surface area contributed by atoms with E-state index in [1.165, 1.54) is 16.2 Å². The van der Waals surface area contributed by atoms with Crippen molar-refractivity contribution in [1.29, 1.82) is 5.26 Å². The molecule has 0 aliphatic carbocycles. The number of sulfonamides is 1. The molecule has 7 heteroatoms. The lowest BCUT2D eigenvalue weighted by Gasteiger charge is -2.31. The molecule has 1 saturated heterocycles. The second kappa shape index (κ2) is 6.01. The largest absolute Gasteiger partial charge is 0.332 e. The second-order valence-electron chi connectivity index (χ2n) is 4.82. The van der Waals surface area contributed by atoms with Crippen LogP contribution < -0.4 is 4.90 Å². The fraction of sp³-hybridized carbons (Fsp3) is 0.583. The first-order valence-corrected chi connectivity index (χ1v) is 8.63. The highest BCUT2D eigenvalue weighted by Gasteiger charge is 2.31. The van der Waals surface area contributed by atoms with E-state index in [-0.39, 0.29) is 5.92 Å². The predicted molar refractivity (Wildman–Crippen MR) is 73.4 cm³/mol. The monoisotopic (exact) mass is 300 g/mol. The van der Waals surface area contributed by atoms with E-state index in [9.17, 15) is 8.42 Å². The third kappa shape index (κ3) is 3.34. The number of hydrogen-bond acceptors (Lipinski definition) is 4. The number of quaternary nitrogens is 1. The van der Waals surface area contributed by atoms with E-state index in [1.807, 2.05) is 6.92 Å². The maximum atomic E-state index is 12.3. The summed E-state index contributed by atoms with van der Waals surface area (Å²) >= 11 is 1.26. The lowest BCUT2D eigenvalue weighted by Crippen LogP contribution is -3.15. The number of nitrogens with one attached hydrogen (secondary N) is 1. The van der Waals surface area contributed by atoms with E-state index < -0.39 is 10.0 Å². The Hall–Kier alpha value is -0.940. The van der Waals surface area contributed by atoms with E-state index in [0.29, 0.717) is 17.3 Å². The average molecular weight is 300 g/mol. The Morgan fingerprint density at radius 2 is 2.21 bits per heavy atom. The van der Waals surface area contributed by atoms with Gasteiger partial charge in [0.1, 0.15) is 4.21 Å². The van der Waals surface area contributed by atoms with Crippen LogP contribution in [-0.4, -0.2) is 45.4 Å². The zero-order valence-electron chi connectivity index (χ0n) is 10.9. The van der Waals surface area contributed by atoms with E-state index in [0.717, 1.165) is 19.6 Å². The molecule has 104 valence electrons. The van der Waals surface area contributed by atoms with Crippen LogP contribution in [0, 0.1) is 17.2 Å². The van der Waals surface area contributed by atoms with Gasteiger partial charge in [0.05, 0.1) is 44.7 Å². The Morgan fingerprint density at radius 3 is 2.74 bits per heavy atom. The Kier molecular flexibility index (Phi) is 4.58. The summed E-state index contributed by atoms with van der Waals surface area (Å²) in [6, 6.07) is 5.63. The molecule has 1 fully saturated rings. The third-order valence-corrected chi connectivity index (χ3v) is 6.61. The van der Waals surface area contributed by atoms with Crippen LogP contribution >= 0.6 is 11.3 Å². The van der Waals surface area contributed by atoms with Gasteiger partial charge in [-0.05, 0) is 18.4 Å². The summed E-state index contributed by atoms with van der Waals surface area (Å²) in [6.45, 7) is 5.32. The van der Waals surface area contributed by atoms with E-state index in [1.54, 1.807) is 21.8 Å². The van der Waals surface area contributed by atoms with E-state index in [2.05, 4.69) is 6.07 Å². The van der Waals surface area contributed by atoms with Gasteiger partial charge in [-0.2, -0.15) is 9.57 Å². The van der Waals surface area contributed by atoms with Gasteiger partial charge >= 0.3 is 0 Å². The highest BCUT2D eigenvalue weighted by atomic mass is 32.2. The van der Waals surface area contributed by atoms with Crippen LogP contribution in [-0.2, 0) is 10.0 Å². The van der Waals surface area contributed by atoms with Crippen molar-refractivity contribution in [3.8, 4) is 6.07 Å². The standard InChI is InChI=1S/C12H17N3O2S2/c1-11(9-13)10-14-4-6-15(7-5-14)19(16,17)12-3-2-8-18-12/h2-3,8,11H,4-7,10H2,1H3/p+1/t11-/m1/s1. The summed E-state index contributed by atoms with van der Waals surface area (Å²) in [5, 5.41) is 10.6. The lowest BCUT2D eigenvalue weighted by atomic mass is 10.2. The van der Waals surface area contributed by atoms with E-state index >= 15 is 0 Å². The molecule has 0 radical (unpaired) electrons. The lowest BCUT2D eigenvalue weighted by molar-refractivity contribution is -0.905. The Morgan fingerprint density at radius 1 is 1.53 bits per heavy atom. The fourth-order valence-electron chi connectivity index (χ4n) is 2.26. The van der Waals surface area contributed by atoms with Crippen LogP contribution in [0.2, 0.25) is 0 Å². The molecule has 1 atom stereocenters. The molecule has 0 saturated carbocycles. The number of rotatable bonds is 4. The van der Waals surface area contributed by atoms with Gasteiger partial charge in [-0.15, -0.1) is 11.3 Å². The molecule has 1 aromatic heterocycles. The van der Waals surface area contributed by atoms with Gasteiger partial charge in [0.2, 0.25) is 0 Å². The van der Waals surface area contributed by atoms with Crippen LogP contribution in [0.3, 0.4) is 0 Å². The van der Waals surface area contributed by atoms with Crippen LogP contribution in [0.1, 0.15) is 6.92 Å². The summed E-state index contributed by atoms with van der Waals surface area (Å²) in [5.74, 6) is 0.0236. The average Bonchev–Trinajstić information content (AvgIpc) is 2.94. The molecular formula is C12H18N3O2S2+.